The van der Waals surface area contributed by atoms with Crippen LogP contribution in [0.3, 0.4) is 0 Å². The van der Waals surface area contributed by atoms with Crippen LogP contribution in [0.2, 0.25) is 5.02 Å². The second kappa shape index (κ2) is 17.3. The van der Waals surface area contributed by atoms with E-state index in [1.54, 1.807) is 6.20 Å². The van der Waals surface area contributed by atoms with Gasteiger partial charge in [-0.2, -0.15) is 4.98 Å². The quantitative estimate of drug-likeness (QED) is 0.209. The van der Waals surface area contributed by atoms with Gasteiger partial charge in [-0.05, 0) is 55.8 Å². The highest BCUT2D eigenvalue weighted by Crippen LogP contribution is 2.24. The van der Waals surface area contributed by atoms with Gasteiger partial charge in [-0.1, -0.05) is 58.4 Å². The molecule has 0 saturated carbocycles. The Morgan fingerprint density at radius 3 is 2.20 bits per heavy atom. The molecule has 0 unspecified atom stereocenters. The largest absolute Gasteiger partial charge is 0.384 e. The highest BCUT2D eigenvalue weighted by molar-refractivity contribution is 6.31. The second-order valence-corrected chi connectivity index (χ2v) is 7.37. The molecule has 35 heavy (non-hydrogen) atoms. The van der Waals surface area contributed by atoms with Crippen molar-refractivity contribution in [2.45, 2.75) is 47.5 Å². The van der Waals surface area contributed by atoms with Gasteiger partial charge >= 0.3 is 0 Å². The number of hydrogen-bond acceptors (Lipinski definition) is 7. The summed E-state index contributed by atoms with van der Waals surface area (Å²) >= 11 is 6.05. The van der Waals surface area contributed by atoms with Crippen molar-refractivity contribution in [3.8, 4) is 0 Å². The minimum atomic E-state index is 0.285. The molecule has 0 amide bonds. The first-order valence-corrected chi connectivity index (χ1v) is 12.7. The van der Waals surface area contributed by atoms with Gasteiger partial charge in [0.15, 0.2) is 0 Å². The van der Waals surface area contributed by atoms with E-state index in [1.807, 2.05) is 83.1 Å². The summed E-state index contributed by atoms with van der Waals surface area (Å²) in [7, 11) is 0. The number of benzene rings is 2. The summed E-state index contributed by atoms with van der Waals surface area (Å²) in [6.07, 6.45) is 3.82. The van der Waals surface area contributed by atoms with Crippen LogP contribution in [-0.4, -0.2) is 34.6 Å². The van der Waals surface area contributed by atoms with Crippen LogP contribution < -0.4 is 22.1 Å². The van der Waals surface area contributed by atoms with Gasteiger partial charge in [0.05, 0.1) is 11.0 Å². The van der Waals surface area contributed by atoms with Gasteiger partial charge in [-0.3, -0.25) is 4.98 Å². The van der Waals surface area contributed by atoms with E-state index in [1.165, 1.54) is 0 Å². The predicted molar refractivity (Wildman–Crippen MR) is 154 cm³/mol. The van der Waals surface area contributed by atoms with E-state index in [-0.39, 0.29) is 5.95 Å². The van der Waals surface area contributed by atoms with Gasteiger partial charge < -0.3 is 22.1 Å². The van der Waals surface area contributed by atoms with Gasteiger partial charge in [0.1, 0.15) is 5.82 Å². The monoisotopic (exact) mass is 497 g/mol. The normalized spacial score (nSPS) is 9.69. The molecule has 6 N–H and O–H groups in total. The van der Waals surface area contributed by atoms with Crippen LogP contribution in [0.5, 0.6) is 0 Å². The van der Waals surface area contributed by atoms with Crippen molar-refractivity contribution in [2.75, 3.05) is 36.0 Å². The number of para-hydroxylation sites is 1. The van der Waals surface area contributed by atoms with E-state index in [0.717, 1.165) is 65.8 Å². The number of nitrogens with two attached hydrogens (primary N) is 2. The third-order valence-electron chi connectivity index (χ3n) is 4.54. The zero-order valence-corrected chi connectivity index (χ0v) is 22.4. The highest BCUT2D eigenvalue weighted by atomic mass is 35.5. The van der Waals surface area contributed by atoms with E-state index in [0.29, 0.717) is 5.02 Å². The fraction of sp³-hybridized carbons (Fsp3) is 0.370. The van der Waals surface area contributed by atoms with Crippen LogP contribution in [0, 0.1) is 0 Å². The van der Waals surface area contributed by atoms with E-state index < -0.39 is 0 Å². The van der Waals surface area contributed by atoms with Crippen LogP contribution >= 0.6 is 11.6 Å². The van der Waals surface area contributed by atoms with Crippen LogP contribution in [-0.2, 0) is 0 Å². The molecule has 190 valence electrons. The first-order valence-electron chi connectivity index (χ1n) is 12.4. The number of hydrogen-bond donors (Lipinski definition) is 4. The number of nitrogens with one attached hydrogen (secondary N) is 2. The summed E-state index contributed by atoms with van der Waals surface area (Å²) in [6, 6.07) is 15.6. The number of nitrogens with zero attached hydrogens (tertiary/aromatic N) is 3. The molecular formula is C27H40ClN7. The lowest BCUT2D eigenvalue weighted by Gasteiger charge is -2.11. The number of pyridine rings is 1. The van der Waals surface area contributed by atoms with Crippen LogP contribution in [0.1, 0.15) is 47.5 Å². The summed E-state index contributed by atoms with van der Waals surface area (Å²) < 4.78 is 0. The third-order valence-corrected chi connectivity index (χ3v) is 4.77. The molecule has 8 heteroatoms. The zero-order valence-electron chi connectivity index (χ0n) is 21.6. The van der Waals surface area contributed by atoms with Gasteiger partial charge in [-0.15, -0.1) is 0 Å². The van der Waals surface area contributed by atoms with Crippen molar-refractivity contribution in [2.24, 2.45) is 5.73 Å². The smallest absolute Gasteiger partial charge is 0.222 e. The molecule has 2 aromatic heterocycles. The fourth-order valence-corrected chi connectivity index (χ4v) is 3.35. The van der Waals surface area contributed by atoms with Crippen LogP contribution in [0.25, 0.3) is 21.8 Å². The first kappa shape index (κ1) is 29.9. The van der Waals surface area contributed by atoms with Gasteiger partial charge in [0.2, 0.25) is 5.95 Å². The third kappa shape index (κ3) is 9.54. The SMILES string of the molecule is CC.CC.CCN.Nc1nc(NCCCCNc2ccnc3cc(Cl)ccc23)c2ccccc2n1. The summed E-state index contributed by atoms with van der Waals surface area (Å²) in [6.45, 7) is 12.3. The van der Waals surface area contributed by atoms with Gasteiger partial charge in [-0.25, -0.2) is 4.98 Å². The lowest BCUT2D eigenvalue weighted by Crippen LogP contribution is -2.09. The zero-order chi connectivity index (χ0) is 26.1. The molecule has 0 spiro atoms. The van der Waals surface area contributed by atoms with Crippen LogP contribution in [0.15, 0.2) is 54.7 Å². The first-order chi connectivity index (χ1) is 17.1. The minimum absolute atomic E-state index is 0.285. The van der Waals surface area contributed by atoms with Crippen molar-refractivity contribution in [1.29, 1.82) is 0 Å². The molecule has 0 aliphatic heterocycles. The number of aromatic nitrogens is 3. The highest BCUT2D eigenvalue weighted by Gasteiger charge is 2.05. The van der Waals surface area contributed by atoms with Crippen molar-refractivity contribution >= 4 is 50.9 Å². The lowest BCUT2D eigenvalue weighted by molar-refractivity contribution is 0.794. The molecular weight excluding hydrogens is 458 g/mol. The van der Waals surface area contributed by atoms with Gasteiger partial charge in [0, 0.05) is 40.8 Å². The Balaban J connectivity index is 0.000000797. The standard InChI is InChI=1S/C21H21ClN6.C2H7N.2C2H6/c22-14-7-8-15-17(9-12-25-19(15)13-14)24-10-3-4-11-26-20-16-5-1-2-6-18(16)27-21(23)28-20;1-2-3;2*1-2/h1-2,5-9,12-13H,3-4,10-11H2,(H,24,25)(H3,23,26,27,28);2-3H2,1H3;2*1-2H3. The van der Waals surface area contributed by atoms with Crippen molar-refractivity contribution in [3.63, 3.8) is 0 Å². The molecule has 0 radical (unpaired) electrons. The summed E-state index contributed by atoms with van der Waals surface area (Å²) in [5.74, 6) is 1.07. The lowest BCUT2D eigenvalue weighted by atomic mass is 10.2. The Morgan fingerprint density at radius 2 is 1.49 bits per heavy atom. The Morgan fingerprint density at radius 1 is 0.829 bits per heavy atom. The molecule has 0 bridgehead atoms. The molecule has 4 rings (SSSR count). The number of nitrogen functional groups attached to an aromatic ring is 1. The molecule has 2 aromatic carbocycles. The van der Waals surface area contributed by atoms with E-state index >= 15 is 0 Å². The van der Waals surface area contributed by atoms with E-state index in [4.69, 9.17) is 23.1 Å². The number of fused-ring (bicyclic) bond motifs is 2. The predicted octanol–water partition coefficient (Wildman–Crippen LogP) is 6.74. The average Bonchev–Trinajstić information content (AvgIpc) is 2.88. The maximum atomic E-state index is 6.05. The molecule has 7 nitrogen and oxygen atoms in total. The maximum Gasteiger partial charge on any atom is 0.222 e. The average molecular weight is 498 g/mol. The Kier molecular flexibility index (Phi) is 14.8. The maximum absolute atomic E-state index is 6.05. The van der Waals surface area contributed by atoms with Crippen molar-refractivity contribution in [1.82, 2.24) is 15.0 Å². The molecule has 0 aliphatic carbocycles. The molecule has 0 atom stereocenters. The van der Waals surface area contributed by atoms with Crippen molar-refractivity contribution < 1.29 is 0 Å². The molecule has 0 fully saturated rings. The topological polar surface area (TPSA) is 115 Å². The summed E-state index contributed by atoms with van der Waals surface area (Å²) in [4.78, 5) is 13.0. The molecule has 0 aliphatic rings. The van der Waals surface area contributed by atoms with E-state index in [9.17, 15) is 0 Å². The fourth-order valence-electron chi connectivity index (χ4n) is 3.18. The summed E-state index contributed by atoms with van der Waals surface area (Å²) in [5.41, 5.74) is 13.5. The Hall–Kier alpha value is -3.16. The van der Waals surface area contributed by atoms with Gasteiger partial charge in [0.25, 0.3) is 0 Å². The second-order valence-electron chi connectivity index (χ2n) is 6.94. The Bertz CT molecular complexity index is 1130. The molecule has 0 saturated heterocycles. The molecule has 4 aromatic rings. The number of rotatable bonds is 7. The van der Waals surface area contributed by atoms with Crippen molar-refractivity contribution in [3.05, 3.63) is 59.8 Å². The number of halogens is 1. The molecule has 2 heterocycles. The number of unbranched alkanes of at least 4 members (excludes halogenated alkanes) is 1. The number of anilines is 3. The van der Waals surface area contributed by atoms with E-state index in [2.05, 4.69) is 25.6 Å². The summed E-state index contributed by atoms with van der Waals surface area (Å²) in [5, 5.41) is 9.62. The minimum Gasteiger partial charge on any atom is -0.384 e. The van der Waals surface area contributed by atoms with Crippen LogP contribution in [0.4, 0.5) is 17.5 Å². The Labute approximate surface area is 214 Å².